The van der Waals surface area contributed by atoms with Gasteiger partial charge in [-0.2, -0.15) is 0 Å². The quantitative estimate of drug-likeness (QED) is 0.786. The van der Waals surface area contributed by atoms with Gasteiger partial charge in [0.15, 0.2) is 0 Å². The summed E-state index contributed by atoms with van der Waals surface area (Å²) in [4.78, 5) is 30.1. The van der Waals surface area contributed by atoms with Crippen LogP contribution in [0.3, 0.4) is 0 Å². The number of carbonyl (C=O) groups is 2. The minimum atomic E-state index is -0.691. The number of ether oxygens (including phenoxy) is 1. The number of hydrogen-bond acceptors (Lipinski definition) is 4. The predicted octanol–water partition coefficient (Wildman–Crippen LogP) is 2.68. The lowest BCUT2D eigenvalue weighted by atomic mass is 10.1. The summed E-state index contributed by atoms with van der Waals surface area (Å²) in [5, 5.41) is 0. The molecule has 1 aliphatic heterocycles. The number of rotatable bonds is 5. The van der Waals surface area contributed by atoms with Crippen LogP contribution in [0, 0.1) is 11.7 Å². The second-order valence-electron chi connectivity index (χ2n) is 5.00. The molecule has 0 spiro atoms. The van der Waals surface area contributed by atoms with Crippen LogP contribution < -0.4 is 0 Å². The molecular weight excluding hydrogens is 287 g/mol. The van der Waals surface area contributed by atoms with E-state index in [-0.39, 0.29) is 24.8 Å². The van der Waals surface area contributed by atoms with E-state index in [4.69, 9.17) is 4.74 Å². The van der Waals surface area contributed by atoms with Crippen molar-refractivity contribution in [2.45, 2.75) is 26.7 Å². The first kappa shape index (κ1) is 16.1. The molecule has 1 unspecified atom stereocenters. The second-order valence-corrected chi connectivity index (χ2v) is 5.00. The molecule has 0 bridgehead atoms. The predicted molar refractivity (Wildman–Crippen MR) is 80.2 cm³/mol. The number of amides is 1. The maximum absolute atomic E-state index is 13.0. The SMILES string of the molecule is CCCN1C(=O)CC(C(=O)OCC)C1=Nc1ccc(F)cc1. The number of esters is 1. The average Bonchev–Trinajstić information content (AvgIpc) is 2.79. The highest BCUT2D eigenvalue weighted by Crippen LogP contribution is 2.26. The number of carbonyl (C=O) groups excluding carboxylic acids is 2. The molecule has 118 valence electrons. The van der Waals surface area contributed by atoms with Gasteiger partial charge in [-0.1, -0.05) is 6.92 Å². The standard InChI is InChI=1S/C16H19FN2O3/c1-3-9-19-14(20)10-13(16(21)22-4-2)15(19)18-12-7-5-11(17)6-8-12/h5-8,13H,3-4,9-10H2,1-2H3. The van der Waals surface area contributed by atoms with E-state index < -0.39 is 11.9 Å². The molecule has 22 heavy (non-hydrogen) atoms. The van der Waals surface area contributed by atoms with Crippen molar-refractivity contribution < 1.29 is 18.7 Å². The van der Waals surface area contributed by atoms with Gasteiger partial charge in [0.05, 0.1) is 12.3 Å². The summed E-state index contributed by atoms with van der Waals surface area (Å²) in [7, 11) is 0. The molecule has 6 heteroatoms. The van der Waals surface area contributed by atoms with E-state index in [0.717, 1.165) is 6.42 Å². The van der Waals surface area contributed by atoms with Gasteiger partial charge in [0.1, 0.15) is 17.6 Å². The van der Waals surface area contributed by atoms with Gasteiger partial charge in [-0.15, -0.1) is 0 Å². The van der Waals surface area contributed by atoms with Gasteiger partial charge in [-0.3, -0.25) is 14.5 Å². The van der Waals surface area contributed by atoms with Crippen LogP contribution >= 0.6 is 0 Å². The van der Waals surface area contributed by atoms with Crippen molar-refractivity contribution in [1.29, 1.82) is 0 Å². The first-order valence-corrected chi connectivity index (χ1v) is 7.38. The molecule has 1 amide bonds. The number of hydrogen-bond donors (Lipinski definition) is 0. The number of halogens is 1. The third kappa shape index (κ3) is 3.50. The van der Waals surface area contributed by atoms with Crippen molar-refractivity contribution in [3.8, 4) is 0 Å². The van der Waals surface area contributed by atoms with E-state index >= 15 is 0 Å². The Morgan fingerprint density at radius 1 is 1.36 bits per heavy atom. The fraction of sp³-hybridized carbons (Fsp3) is 0.438. The normalized spacial score (nSPS) is 19.8. The molecule has 0 N–H and O–H groups in total. The van der Waals surface area contributed by atoms with Gasteiger partial charge in [-0.05, 0) is 37.6 Å². The lowest BCUT2D eigenvalue weighted by molar-refractivity contribution is -0.146. The smallest absolute Gasteiger partial charge is 0.317 e. The van der Waals surface area contributed by atoms with Crippen molar-refractivity contribution in [2.24, 2.45) is 10.9 Å². The Kier molecular flexibility index (Phi) is 5.25. The lowest BCUT2D eigenvalue weighted by Gasteiger charge is -2.18. The Morgan fingerprint density at radius 2 is 2.05 bits per heavy atom. The highest BCUT2D eigenvalue weighted by molar-refractivity contribution is 6.15. The Labute approximate surface area is 128 Å². The maximum atomic E-state index is 13.0. The van der Waals surface area contributed by atoms with E-state index in [1.807, 2.05) is 6.92 Å². The molecule has 1 aliphatic rings. The fourth-order valence-corrected chi connectivity index (χ4v) is 2.37. The molecule has 1 fully saturated rings. The van der Waals surface area contributed by atoms with Gasteiger partial charge in [0.2, 0.25) is 5.91 Å². The van der Waals surface area contributed by atoms with Crippen LogP contribution in [0.15, 0.2) is 29.3 Å². The largest absolute Gasteiger partial charge is 0.465 e. The zero-order valence-electron chi connectivity index (χ0n) is 12.7. The monoisotopic (exact) mass is 306 g/mol. The van der Waals surface area contributed by atoms with Gasteiger partial charge >= 0.3 is 5.97 Å². The van der Waals surface area contributed by atoms with Crippen LogP contribution in [0.5, 0.6) is 0 Å². The van der Waals surface area contributed by atoms with E-state index in [2.05, 4.69) is 4.99 Å². The molecular formula is C16H19FN2O3. The number of amidine groups is 1. The summed E-state index contributed by atoms with van der Waals surface area (Å²) in [6.07, 6.45) is 0.822. The minimum Gasteiger partial charge on any atom is -0.465 e. The van der Waals surface area contributed by atoms with E-state index in [0.29, 0.717) is 18.1 Å². The average molecular weight is 306 g/mol. The highest BCUT2D eigenvalue weighted by atomic mass is 19.1. The van der Waals surface area contributed by atoms with Crippen molar-refractivity contribution in [3.05, 3.63) is 30.1 Å². The highest BCUT2D eigenvalue weighted by Gasteiger charge is 2.41. The molecule has 5 nitrogen and oxygen atoms in total. The van der Waals surface area contributed by atoms with Crippen molar-refractivity contribution in [2.75, 3.05) is 13.2 Å². The zero-order valence-corrected chi connectivity index (χ0v) is 12.7. The molecule has 1 heterocycles. The minimum absolute atomic E-state index is 0.0683. The van der Waals surface area contributed by atoms with Gasteiger partial charge < -0.3 is 4.74 Å². The first-order chi connectivity index (χ1) is 10.6. The van der Waals surface area contributed by atoms with E-state index in [1.54, 1.807) is 6.92 Å². The molecule has 0 aromatic heterocycles. The second kappa shape index (κ2) is 7.15. The van der Waals surface area contributed by atoms with Gasteiger partial charge in [0.25, 0.3) is 0 Å². The van der Waals surface area contributed by atoms with Gasteiger partial charge in [0, 0.05) is 13.0 Å². The topological polar surface area (TPSA) is 59.0 Å². The first-order valence-electron chi connectivity index (χ1n) is 7.38. The summed E-state index contributed by atoms with van der Waals surface area (Å²) >= 11 is 0. The molecule has 1 aromatic carbocycles. The zero-order chi connectivity index (χ0) is 16.1. The fourth-order valence-electron chi connectivity index (χ4n) is 2.37. The van der Waals surface area contributed by atoms with Crippen molar-refractivity contribution in [1.82, 2.24) is 4.90 Å². The molecule has 1 saturated heterocycles. The molecule has 1 aromatic rings. The van der Waals surface area contributed by atoms with Crippen LogP contribution in [0.1, 0.15) is 26.7 Å². The van der Waals surface area contributed by atoms with Crippen LogP contribution in [-0.4, -0.2) is 35.8 Å². The van der Waals surface area contributed by atoms with Crippen molar-refractivity contribution in [3.63, 3.8) is 0 Å². The van der Waals surface area contributed by atoms with E-state index in [9.17, 15) is 14.0 Å². The van der Waals surface area contributed by atoms with Crippen LogP contribution in [-0.2, 0) is 14.3 Å². The Balaban J connectivity index is 2.35. The van der Waals surface area contributed by atoms with Crippen molar-refractivity contribution >= 4 is 23.4 Å². The summed E-state index contributed by atoms with van der Waals surface area (Å²) in [5.74, 6) is -1.25. The summed E-state index contributed by atoms with van der Waals surface area (Å²) in [6.45, 7) is 4.41. The number of likely N-dealkylation sites (tertiary alicyclic amines) is 1. The molecule has 2 rings (SSSR count). The van der Waals surface area contributed by atoms with Crippen LogP contribution in [0.4, 0.5) is 10.1 Å². The maximum Gasteiger partial charge on any atom is 0.317 e. The summed E-state index contributed by atoms with van der Waals surface area (Å²) < 4.78 is 18.0. The Bertz CT molecular complexity index is 584. The number of aliphatic imine (C=N–C) groups is 1. The summed E-state index contributed by atoms with van der Waals surface area (Å²) in [6, 6.07) is 5.61. The summed E-state index contributed by atoms with van der Waals surface area (Å²) in [5.41, 5.74) is 0.501. The Morgan fingerprint density at radius 3 is 2.64 bits per heavy atom. The van der Waals surface area contributed by atoms with Crippen LogP contribution in [0.2, 0.25) is 0 Å². The lowest BCUT2D eigenvalue weighted by Crippen LogP contribution is -2.33. The third-order valence-corrected chi connectivity index (χ3v) is 3.36. The molecule has 0 radical (unpaired) electrons. The molecule has 0 saturated carbocycles. The molecule has 0 aliphatic carbocycles. The third-order valence-electron chi connectivity index (χ3n) is 3.36. The number of benzene rings is 1. The Hall–Kier alpha value is -2.24. The van der Waals surface area contributed by atoms with Crippen LogP contribution in [0.25, 0.3) is 0 Å². The van der Waals surface area contributed by atoms with Gasteiger partial charge in [-0.25, -0.2) is 9.38 Å². The molecule has 1 atom stereocenters. The van der Waals surface area contributed by atoms with E-state index in [1.165, 1.54) is 29.2 Å². The number of nitrogens with zero attached hydrogens (tertiary/aromatic N) is 2.